The van der Waals surface area contributed by atoms with Crippen LogP contribution >= 0.6 is 11.6 Å². The zero-order valence-electron chi connectivity index (χ0n) is 19.1. The van der Waals surface area contributed by atoms with Crippen molar-refractivity contribution in [2.24, 2.45) is 5.92 Å². The van der Waals surface area contributed by atoms with Gasteiger partial charge in [-0.1, -0.05) is 24.6 Å². The number of nitrogens with one attached hydrogen (secondary N) is 2. The van der Waals surface area contributed by atoms with Crippen molar-refractivity contribution in [1.82, 2.24) is 15.8 Å². The summed E-state index contributed by atoms with van der Waals surface area (Å²) < 4.78 is 19.5. The SMILES string of the molecule is CCC(NC(=O)N1NC(=O)CCC(Cc2cc(Cl)ccc2OC)C1=O)c1ccc(C(=O)O)c(F)c1. The number of benzene rings is 2. The van der Waals surface area contributed by atoms with Crippen LogP contribution in [0, 0.1) is 11.7 Å². The lowest BCUT2D eigenvalue weighted by Crippen LogP contribution is -2.54. The van der Waals surface area contributed by atoms with Crippen molar-refractivity contribution in [2.45, 2.75) is 38.6 Å². The van der Waals surface area contributed by atoms with Crippen LogP contribution in [0.15, 0.2) is 36.4 Å². The number of halogens is 2. The van der Waals surface area contributed by atoms with Gasteiger partial charge in [-0.05, 0) is 60.7 Å². The summed E-state index contributed by atoms with van der Waals surface area (Å²) in [5.41, 5.74) is 2.81. The van der Waals surface area contributed by atoms with Gasteiger partial charge in [0, 0.05) is 17.4 Å². The molecule has 3 N–H and O–H groups in total. The van der Waals surface area contributed by atoms with Crippen LogP contribution in [0.25, 0.3) is 0 Å². The molecule has 0 saturated carbocycles. The fourth-order valence-corrected chi connectivity index (χ4v) is 4.11. The predicted molar refractivity (Wildman–Crippen MR) is 124 cm³/mol. The molecule has 4 amide bonds. The van der Waals surface area contributed by atoms with Gasteiger partial charge in [0.2, 0.25) is 5.91 Å². The number of hydrazine groups is 1. The summed E-state index contributed by atoms with van der Waals surface area (Å²) in [5, 5.41) is 12.7. The molecule has 1 aliphatic rings. The summed E-state index contributed by atoms with van der Waals surface area (Å²) in [6, 6.07) is 6.89. The van der Waals surface area contributed by atoms with E-state index in [0.29, 0.717) is 33.3 Å². The van der Waals surface area contributed by atoms with Crippen molar-refractivity contribution in [3.8, 4) is 5.75 Å². The molecule has 2 aromatic rings. The van der Waals surface area contributed by atoms with E-state index in [9.17, 15) is 23.6 Å². The third-order valence-corrected chi connectivity index (χ3v) is 6.00. The Bertz CT molecular complexity index is 1160. The van der Waals surface area contributed by atoms with Crippen LogP contribution in [0.3, 0.4) is 0 Å². The number of amides is 4. The molecular weight excluding hydrogens is 481 g/mol. The highest BCUT2D eigenvalue weighted by atomic mass is 35.5. The number of carboxylic acids is 1. The van der Waals surface area contributed by atoms with E-state index in [-0.39, 0.29) is 19.3 Å². The minimum Gasteiger partial charge on any atom is -0.496 e. The minimum atomic E-state index is -1.41. The lowest BCUT2D eigenvalue weighted by atomic mass is 9.93. The average molecular weight is 506 g/mol. The van der Waals surface area contributed by atoms with Crippen LogP contribution in [-0.4, -0.2) is 41.0 Å². The Morgan fingerprint density at radius 2 is 2.03 bits per heavy atom. The van der Waals surface area contributed by atoms with Gasteiger partial charge >= 0.3 is 12.0 Å². The number of aromatic carboxylic acids is 1. The molecule has 2 atom stereocenters. The summed E-state index contributed by atoms with van der Waals surface area (Å²) in [6.45, 7) is 1.73. The van der Waals surface area contributed by atoms with E-state index < -0.39 is 47.2 Å². The van der Waals surface area contributed by atoms with E-state index in [2.05, 4.69) is 10.7 Å². The normalized spacial score (nSPS) is 16.8. The quantitative estimate of drug-likeness (QED) is 0.524. The molecule has 0 aliphatic carbocycles. The van der Waals surface area contributed by atoms with Gasteiger partial charge in [-0.3, -0.25) is 15.0 Å². The number of methoxy groups -OCH3 is 1. The molecule has 3 rings (SSSR count). The van der Waals surface area contributed by atoms with E-state index in [1.165, 1.54) is 13.2 Å². The highest BCUT2D eigenvalue weighted by molar-refractivity contribution is 6.30. The Balaban J connectivity index is 1.81. The van der Waals surface area contributed by atoms with E-state index in [0.717, 1.165) is 12.1 Å². The van der Waals surface area contributed by atoms with Crippen LogP contribution in [0.5, 0.6) is 5.75 Å². The van der Waals surface area contributed by atoms with Gasteiger partial charge in [0.15, 0.2) is 0 Å². The van der Waals surface area contributed by atoms with Crippen LogP contribution in [-0.2, 0) is 16.0 Å². The maximum absolute atomic E-state index is 14.2. The van der Waals surface area contributed by atoms with Crippen LogP contribution < -0.4 is 15.5 Å². The third-order valence-electron chi connectivity index (χ3n) is 5.77. The second kappa shape index (κ2) is 11.2. The number of imide groups is 1. The number of hydrogen-bond donors (Lipinski definition) is 3. The highest BCUT2D eigenvalue weighted by Gasteiger charge is 2.35. The Morgan fingerprint density at radius 1 is 1.29 bits per heavy atom. The number of ether oxygens (including phenoxy) is 1. The number of nitrogens with zero attached hydrogens (tertiary/aromatic N) is 1. The van der Waals surface area contributed by atoms with E-state index >= 15 is 0 Å². The summed E-state index contributed by atoms with van der Waals surface area (Å²) >= 11 is 6.09. The number of urea groups is 1. The van der Waals surface area contributed by atoms with Crippen LogP contribution in [0.2, 0.25) is 5.02 Å². The van der Waals surface area contributed by atoms with Crippen LogP contribution in [0.4, 0.5) is 9.18 Å². The zero-order chi connectivity index (χ0) is 25.7. The van der Waals surface area contributed by atoms with Gasteiger partial charge < -0.3 is 15.2 Å². The first-order chi connectivity index (χ1) is 16.6. The molecular formula is C24H25ClFN3O6. The molecule has 2 unspecified atom stereocenters. The third kappa shape index (κ3) is 6.07. The summed E-state index contributed by atoms with van der Waals surface area (Å²) in [4.78, 5) is 49.6. The highest BCUT2D eigenvalue weighted by Crippen LogP contribution is 2.28. The molecule has 11 heteroatoms. The molecule has 35 heavy (non-hydrogen) atoms. The summed E-state index contributed by atoms with van der Waals surface area (Å²) in [6.07, 6.45) is 0.752. The molecule has 0 aromatic heterocycles. The Kier molecular flexibility index (Phi) is 8.29. The largest absolute Gasteiger partial charge is 0.496 e. The molecule has 9 nitrogen and oxygen atoms in total. The van der Waals surface area contributed by atoms with Crippen molar-refractivity contribution in [1.29, 1.82) is 0 Å². The van der Waals surface area contributed by atoms with Gasteiger partial charge in [-0.25, -0.2) is 14.0 Å². The topological polar surface area (TPSA) is 125 Å². The standard InChI is InChI=1S/C24H25ClFN3O6/c1-3-19(13-4-7-17(23(32)33)18(26)12-13)27-24(34)29-22(31)14(5-9-21(30)28-29)10-15-11-16(25)6-8-20(15)35-2/h4,6-8,11-12,14,19H,3,5,9-10H2,1-2H3,(H,27,34)(H,28,30)(H,32,33). The average Bonchev–Trinajstić information content (AvgIpc) is 2.96. The molecule has 0 radical (unpaired) electrons. The first-order valence-corrected chi connectivity index (χ1v) is 11.3. The summed E-state index contributed by atoms with van der Waals surface area (Å²) in [5.74, 6) is -3.65. The lowest BCUT2D eigenvalue weighted by Gasteiger charge is -2.26. The van der Waals surface area contributed by atoms with Gasteiger partial charge in [0.25, 0.3) is 5.91 Å². The second-order valence-corrected chi connectivity index (χ2v) is 8.50. The first-order valence-electron chi connectivity index (χ1n) is 10.9. The Hall–Kier alpha value is -3.66. The maximum Gasteiger partial charge on any atom is 0.343 e. The first kappa shape index (κ1) is 26.0. The fourth-order valence-electron chi connectivity index (χ4n) is 3.92. The molecule has 2 aromatic carbocycles. The van der Waals surface area contributed by atoms with Crippen molar-refractivity contribution >= 4 is 35.4 Å². The summed E-state index contributed by atoms with van der Waals surface area (Å²) in [7, 11) is 1.49. The molecule has 0 bridgehead atoms. The monoisotopic (exact) mass is 505 g/mol. The second-order valence-electron chi connectivity index (χ2n) is 8.06. The number of carbonyl (C=O) groups excluding carboxylic acids is 3. The number of carboxylic acid groups (broad SMARTS) is 1. The van der Waals surface area contributed by atoms with E-state index in [4.69, 9.17) is 21.4 Å². The van der Waals surface area contributed by atoms with Crippen molar-refractivity contribution < 1.29 is 33.4 Å². The Labute approximate surface area is 206 Å². The zero-order valence-corrected chi connectivity index (χ0v) is 19.9. The fraction of sp³-hybridized carbons (Fsp3) is 0.333. The maximum atomic E-state index is 14.2. The molecule has 186 valence electrons. The number of hydrogen-bond acceptors (Lipinski definition) is 5. The number of rotatable bonds is 7. The molecule has 1 fully saturated rings. The molecule has 0 spiro atoms. The van der Waals surface area contributed by atoms with Gasteiger partial charge in [0.05, 0.1) is 18.7 Å². The molecule has 1 saturated heterocycles. The van der Waals surface area contributed by atoms with Crippen LogP contribution in [0.1, 0.15) is 53.7 Å². The lowest BCUT2D eigenvalue weighted by molar-refractivity contribution is -0.138. The molecule has 1 heterocycles. The van der Waals surface area contributed by atoms with Crippen molar-refractivity contribution in [2.75, 3.05) is 7.11 Å². The number of carbonyl (C=O) groups is 4. The van der Waals surface area contributed by atoms with Gasteiger partial charge in [-0.2, -0.15) is 5.01 Å². The predicted octanol–water partition coefficient (Wildman–Crippen LogP) is 3.86. The van der Waals surface area contributed by atoms with E-state index in [1.807, 2.05) is 0 Å². The molecule has 1 aliphatic heterocycles. The van der Waals surface area contributed by atoms with Crippen molar-refractivity contribution in [3.05, 3.63) is 63.9 Å². The van der Waals surface area contributed by atoms with Gasteiger partial charge in [-0.15, -0.1) is 0 Å². The van der Waals surface area contributed by atoms with Gasteiger partial charge in [0.1, 0.15) is 11.6 Å². The van der Waals surface area contributed by atoms with E-state index in [1.54, 1.807) is 25.1 Å². The Morgan fingerprint density at radius 3 is 2.66 bits per heavy atom. The van der Waals surface area contributed by atoms with Crippen molar-refractivity contribution in [3.63, 3.8) is 0 Å². The minimum absolute atomic E-state index is 0.0299. The smallest absolute Gasteiger partial charge is 0.343 e.